The Morgan fingerprint density at radius 1 is 1.11 bits per heavy atom. The predicted octanol–water partition coefficient (Wildman–Crippen LogP) is 3.89. The maximum atomic E-state index is 13.3. The summed E-state index contributed by atoms with van der Waals surface area (Å²) in [5.41, 5.74) is 1.23. The van der Waals surface area contributed by atoms with Crippen LogP contribution < -0.4 is 0 Å². The molecule has 2 aromatic rings. The zero-order chi connectivity index (χ0) is 12.5. The highest BCUT2D eigenvalue weighted by Gasteiger charge is 2.16. The quantitative estimate of drug-likeness (QED) is 0.790. The molecule has 0 atom stereocenters. The third-order valence-corrected chi connectivity index (χ3v) is 3.84. The summed E-state index contributed by atoms with van der Waals surface area (Å²) in [4.78, 5) is 4.14. The maximum absolute atomic E-state index is 13.3. The standard InChI is InChI=1S/C14H16F2N2/c15-11-6-13-14(7-12(11)16)18(9-17-13)8-10-4-2-1-3-5-10/h6-7,9-10H,1-5,8H2. The lowest BCUT2D eigenvalue weighted by molar-refractivity contribution is 0.322. The Morgan fingerprint density at radius 2 is 1.83 bits per heavy atom. The third-order valence-electron chi connectivity index (χ3n) is 3.84. The first kappa shape index (κ1) is 11.6. The van der Waals surface area contributed by atoms with Gasteiger partial charge in [0.1, 0.15) is 0 Å². The van der Waals surface area contributed by atoms with Gasteiger partial charge in [0.15, 0.2) is 11.6 Å². The van der Waals surface area contributed by atoms with Crippen molar-refractivity contribution < 1.29 is 8.78 Å². The lowest BCUT2D eigenvalue weighted by Gasteiger charge is -2.22. The fourth-order valence-corrected chi connectivity index (χ4v) is 2.85. The van der Waals surface area contributed by atoms with Crippen LogP contribution in [-0.2, 0) is 6.54 Å². The topological polar surface area (TPSA) is 17.8 Å². The molecule has 2 nitrogen and oxygen atoms in total. The molecule has 0 aliphatic heterocycles. The molecule has 0 amide bonds. The highest BCUT2D eigenvalue weighted by atomic mass is 19.2. The molecule has 4 heteroatoms. The van der Waals surface area contributed by atoms with Crippen LogP contribution in [-0.4, -0.2) is 9.55 Å². The van der Waals surface area contributed by atoms with Crippen LogP contribution in [0.3, 0.4) is 0 Å². The average molecular weight is 250 g/mol. The number of imidazole rings is 1. The van der Waals surface area contributed by atoms with E-state index in [-0.39, 0.29) is 0 Å². The molecule has 96 valence electrons. The molecule has 1 fully saturated rings. The van der Waals surface area contributed by atoms with E-state index in [0.29, 0.717) is 17.0 Å². The second-order valence-electron chi connectivity index (χ2n) is 5.16. The van der Waals surface area contributed by atoms with Gasteiger partial charge in [-0.3, -0.25) is 0 Å². The summed E-state index contributed by atoms with van der Waals surface area (Å²) in [7, 11) is 0. The van der Waals surface area contributed by atoms with Crippen LogP contribution in [0.15, 0.2) is 18.5 Å². The molecule has 0 spiro atoms. The number of hydrogen-bond acceptors (Lipinski definition) is 1. The highest BCUT2D eigenvalue weighted by Crippen LogP contribution is 2.26. The van der Waals surface area contributed by atoms with Gasteiger partial charge >= 0.3 is 0 Å². The number of halogens is 2. The third kappa shape index (κ3) is 2.11. The van der Waals surface area contributed by atoms with E-state index in [1.54, 1.807) is 6.33 Å². The largest absolute Gasteiger partial charge is 0.330 e. The Labute approximate surface area is 105 Å². The minimum atomic E-state index is -0.828. The van der Waals surface area contributed by atoms with Crippen molar-refractivity contribution in [1.82, 2.24) is 9.55 Å². The summed E-state index contributed by atoms with van der Waals surface area (Å²) in [6.45, 7) is 0.863. The summed E-state index contributed by atoms with van der Waals surface area (Å²) >= 11 is 0. The van der Waals surface area contributed by atoms with Gasteiger partial charge in [-0.15, -0.1) is 0 Å². The van der Waals surface area contributed by atoms with Gasteiger partial charge in [-0.1, -0.05) is 19.3 Å². The first-order valence-corrected chi connectivity index (χ1v) is 6.54. The molecule has 0 unspecified atom stereocenters. The fraction of sp³-hybridized carbons (Fsp3) is 0.500. The second kappa shape index (κ2) is 4.67. The van der Waals surface area contributed by atoms with Crippen molar-refractivity contribution in [3.63, 3.8) is 0 Å². The molecule has 0 bridgehead atoms. The molecule has 18 heavy (non-hydrogen) atoms. The number of nitrogens with zero attached hydrogens (tertiary/aromatic N) is 2. The number of aromatic nitrogens is 2. The lowest BCUT2D eigenvalue weighted by atomic mass is 9.89. The number of rotatable bonds is 2. The van der Waals surface area contributed by atoms with Crippen molar-refractivity contribution in [3.05, 3.63) is 30.1 Å². The van der Waals surface area contributed by atoms with Gasteiger partial charge in [0.05, 0.1) is 17.4 Å². The molecule has 1 heterocycles. The van der Waals surface area contributed by atoms with Gasteiger partial charge in [-0.05, 0) is 18.8 Å². The zero-order valence-electron chi connectivity index (χ0n) is 10.2. The van der Waals surface area contributed by atoms with Crippen LogP contribution in [0.4, 0.5) is 8.78 Å². The van der Waals surface area contributed by atoms with Crippen LogP contribution in [0.2, 0.25) is 0 Å². The predicted molar refractivity (Wildman–Crippen MR) is 66.2 cm³/mol. The van der Waals surface area contributed by atoms with Gasteiger partial charge in [0.25, 0.3) is 0 Å². The first-order valence-electron chi connectivity index (χ1n) is 6.54. The summed E-state index contributed by atoms with van der Waals surface area (Å²) < 4.78 is 28.3. The van der Waals surface area contributed by atoms with Gasteiger partial charge in [-0.2, -0.15) is 0 Å². The summed E-state index contributed by atoms with van der Waals surface area (Å²) in [6.07, 6.45) is 8.02. The van der Waals surface area contributed by atoms with Crippen LogP contribution >= 0.6 is 0 Å². The molecule has 3 rings (SSSR count). The Kier molecular flexibility index (Phi) is 3.02. The van der Waals surface area contributed by atoms with E-state index in [9.17, 15) is 8.78 Å². The van der Waals surface area contributed by atoms with Crippen LogP contribution in [0.1, 0.15) is 32.1 Å². The number of benzene rings is 1. The van der Waals surface area contributed by atoms with E-state index < -0.39 is 11.6 Å². The second-order valence-corrected chi connectivity index (χ2v) is 5.16. The Morgan fingerprint density at radius 3 is 2.61 bits per heavy atom. The van der Waals surface area contributed by atoms with Crippen molar-refractivity contribution in [1.29, 1.82) is 0 Å². The maximum Gasteiger partial charge on any atom is 0.161 e. The number of fused-ring (bicyclic) bond motifs is 1. The van der Waals surface area contributed by atoms with Crippen molar-refractivity contribution in [2.75, 3.05) is 0 Å². The molecule has 1 aromatic heterocycles. The van der Waals surface area contributed by atoms with Gasteiger partial charge < -0.3 is 4.57 Å². The SMILES string of the molecule is Fc1cc2ncn(CC3CCCCC3)c2cc1F. The fourth-order valence-electron chi connectivity index (χ4n) is 2.85. The molecular formula is C14H16F2N2. The van der Waals surface area contributed by atoms with E-state index in [1.807, 2.05) is 4.57 Å². The van der Waals surface area contributed by atoms with Crippen LogP contribution in [0.25, 0.3) is 11.0 Å². The molecule has 0 radical (unpaired) electrons. The molecular weight excluding hydrogens is 234 g/mol. The smallest absolute Gasteiger partial charge is 0.161 e. The zero-order valence-corrected chi connectivity index (χ0v) is 10.2. The van der Waals surface area contributed by atoms with E-state index in [1.165, 1.54) is 44.2 Å². The molecule has 1 aliphatic carbocycles. The Bertz CT molecular complexity index is 556. The molecule has 0 N–H and O–H groups in total. The van der Waals surface area contributed by atoms with Crippen molar-refractivity contribution in [2.24, 2.45) is 5.92 Å². The van der Waals surface area contributed by atoms with Gasteiger partial charge in [0.2, 0.25) is 0 Å². The normalized spacial score (nSPS) is 17.4. The van der Waals surface area contributed by atoms with Crippen molar-refractivity contribution in [3.8, 4) is 0 Å². The van der Waals surface area contributed by atoms with Gasteiger partial charge in [-0.25, -0.2) is 13.8 Å². The minimum absolute atomic E-state index is 0.532. The van der Waals surface area contributed by atoms with E-state index in [2.05, 4.69) is 4.98 Å². The minimum Gasteiger partial charge on any atom is -0.330 e. The summed E-state index contributed by atoms with van der Waals surface area (Å²) in [5, 5.41) is 0. The lowest BCUT2D eigenvalue weighted by Crippen LogP contribution is -2.13. The highest BCUT2D eigenvalue weighted by molar-refractivity contribution is 5.75. The molecule has 1 saturated carbocycles. The molecule has 1 aromatic carbocycles. The molecule has 1 aliphatic rings. The van der Waals surface area contributed by atoms with E-state index in [4.69, 9.17) is 0 Å². The average Bonchev–Trinajstić information content (AvgIpc) is 2.74. The molecule has 0 saturated heterocycles. The van der Waals surface area contributed by atoms with Crippen LogP contribution in [0.5, 0.6) is 0 Å². The monoisotopic (exact) mass is 250 g/mol. The van der Waals surface area contributed by atoms with E-state index in [0.717, 1.165) is 6.54 Å². The van der Waals surface area contributed by atoms with Gasteiger partial charge in [0, 0.05) is 18.7 Å². The van der Waals surface area contributed by atoms with E-state index >= 15 is 0 Å². The number of hydrogen-bond donors (Lipinski definition) is 0. The Balaban J connectivity index is 1.89. The van der Waals surface area contributed by atoms with Crippen molar-refractivity contribution >= 4 is 11.0 Å². The summed E-state index contributed by atoms with van der Waals surface area (Å²) in [6, 6.07) is 2.42. The Hall–Kier alpha value is -1.45. The van der Waals surface area contributed by atoms with Crippen LogP contribution in [0, 0.1) is 17.6 Å². The first-order chi connectivity index (χ1) is 8.74. The van der Waals surface area contributed by atoms with Crippen molar-refractivity contribution in [2.45, 2.75) is 38.6 Å². The summed E-state index contributed by atoms with van der Waals surface area (Å²) in [5.74, 6) is -0.984.